The topological polar surface area (TPSA) is 106 Å². The van der Waals surface area contributed by atoms with Crippen LogP contribution in [0.5, 0.6) is 0 Å². The maximum atomic E-state index is 5.64. The smallest absolute Gasteiger partial charge is 0.229 e. The summed E-state index contributed by atoms with van der Waals surface area (Å²) in [6, 6.07) is 4.24. The predicted octanol–water partition coefficient (Wildman–Crippen LogP) is 2.32. The summed E-state index contributed by atoms with van der Waals surface area (Å²) in [7, 11) is 0. The molecule has 4 heterocycles. The van der Waals surface area contributed by atoms with Crippen molar-refractivity contribution in [2.24, 2.45) is 0 Å². The summed E-state index contributed by atoms with van der Waals surface area (Å²) in [6.07, 6.45) is 3.29. The van der Waals surface area contributed by atoms with Crippen LogP contribution in [0.15, 0.2) is 24.5 Å². The van der Waals surface area contributed by atoms with Gasteiger partial charge in [0.05, 0.1) is 23.7 Å². The molecule has 2 N–H and O–H groups in total. The maximum absolute atomic E-state index is 5.64. The Hall–Kier alpha value is -2.69. The molecule has 1 aliphatic rings. The van der Waals surface area contributed by atoms with Crippen molar-refractivity contribution in [3.63, 3.8) is 0 Å². The third-order valence-corrected chi connectivity index (χ3v) is 6.07. The number of thiophene rings is 1. The summed E-state index contributed by atoms with van der Waals surface area (Å²) in [5.74, 6) is 2.07. The molecule has 10 heteroatoms. The lowest BCUT2D eigenvalue weighted by Gasteiger charge is -2.27. The third kappa shape index (κ3) is 4.72. The summed E-state index contributed by atoms with van der Waals surface area (Å²) in [5, 5.41) is 0. The van der Waals surface area contributed by atoms with Crippen LogP contribution in [-0.4, -0.2) is 69.2 Å². The average Bonchev–Trinajstić information content (AvgIpc) is 3.27. The van der Waals surface area contributed by atoms with Gasteiger partial charge in [0, 0.05) is 36.9 Å². The summed E-state index contributed by atoms with van der Waals surface area (Å²) < 4.78 is 5.48. The van der Waals surface area contributed by atoms with E-state index in [-0.39, 0.29) is 5.95 Å². The highest BCUT2D eigenvalue weighted by atomic mass is 32.1. The number of anilines is 2. The fourth-order valence-corrected chi connectivity index (χ4v) is 4.20. The molecule has 3 aromatic heterocycles. The van der Waals surface area contributed by atoms with Gasteiger partial charge in [0.25, 0.3) is 0 Å². The number of ether oxygens (including phenoxy) is 1. The Morgan fingerprint density at radius 1 is 1.03 bits per heavy atom. The van der Waals surface area contributed by atoms with Crippen LogP contribution in [0.3, 0.4) is 0 Å². The van der Waals surface area contributed by atoms with Gasteiger partial charge in [-0.3, -0.25) is 4.90 Å². The normalized spacial score (nSPS) is 14.4. The third-order valence-electron chi connectivity index (χ3n) is 5.00. The van der Waals surface area contributed by atoms with Gasteiger partial charge in [0.2, 0.25) is 11.9 Å². The summed E-state index contributed by atoms with van der Waals surface area (Å²) >= 11 is 1.72. The van der Waals surface area contributed by atoms with Crippen LogP contribution in [0, 0.1) is 0 Å². The number of aromatic nitrogens is 5. The van der Waals surface area contributed by atoms with Gasteiger partial charge in [0.15, 0.2) is 11.6 Å². The Morgan fingerprint density at radius 3 is 2.43 bits per heavy atom. The lowest BCUT2D eigenvalue weighted by atomic mass is 10.3. The van der Waals surface area contributed by atoms with Crippen LogP contribution in [0.1, 0.15) is 18.7 Å². The average molecular weight is 427 g/mol. The van der Waals surface area contributed by atoms with E-state index in [1.54, 1.807) is 23.7 Å². The number of hydrogen-bond acceptors (Lipinski definition) is 10. The highest BCUT2D eigenvalue weighted by molar-refractivity contribution is 7.15. The minimum absolute atomic E-state index is 0.223. The predicted molar refractivity (Wildman–Crippen MR) is 118 cm³/mol. The first-order chi connectivity index (χ1) is 14.7. The molecule has 0 saturated carbocycles. The van der Waals surface area contributed by atoms with Gasteiger partial charge < -0.3 is 15.4 Å². The maximum Gasteiger partial charge on any atom is 0.229 e. The molecule has 1 fully saturated rings. The van der Waals surface area contributed by atoms with E-state index in [2.05, 4.69) is 50.7 Å². The van der Waals surface area contributed by atoms with Gasteiger partial charge in [-0.1, -0.05) is 13.8 Å². The van der Waals surface area contributed by atoms with E-state index < -0.39 is 0 Å². The fourth-order valence-electron chi connectivity index (χ4n) is 3.21. The number of morpholine rings is 1. The molecular weight excluding hydrogens is 400 g/mol. The van der Waals surface area contributed by atoms with Gasteiger partial charge in [-0.2, -0.15) is 9.97 Å². The molecular formula is C20H26N8OS. The van der Waals surface area contributed by atoms with Crippen molar-refractivity contribution in [1.82, 2.24) is 29.8 Å². The monoisotopic (exact) mass is 426 g/mol. The molecule has 1 saturated heterocycles. The van der Waals surface area contributed by atoms with E-state index in [1.807, 2.05) is 0 Å². The van der Waals surface area contributed by atoms with E-state index in [1.165, 1.54) is 4.88 Å². The summed E-state index contributed by atoms with van der Waals surface area (Å²) in [4.78, 5) is 29.2. The Kier molecular flexibility index (Phi) is 6.46. The molecule has 0 bridgehead atoms. The van der Waals surface area contributed by atoms with Gasteiger partial charge in [-0.05, 0) is 25.2 Å². The fraction of sp³-hybridized carbons (Fsp3) is 0.450. The van der Waals surface area contributed by atoms with Gasteiger partial charge >= 0.3 is 0 Å². The van der Waals surface area contributed by atoms with Crippen molar-refractivity contribution < 1.29 is 4.74 Å². The molecule has 0 aliphatic carbocycles. The highest BCUT2D eigenvalue weighted by Crippen LogP contribution is 2.29. The van der Waals surface area contributed by atoms with Crippen molar-refractivity contribution in [2.45, 2.75) is 20.4 Å². The summed E-state index contributed by atoms with van der Waals surface area (Å²) in [5.41, 5.74) is 6.35. The molecule has 0 unspecified atom stereocenters. The first kappa shape index (κ1) is 20.6. The second kappa shape index (κ2) is 9.41. The molecule has 0 spiro atoms. The first-order valence-corrected chi connectivity index (χ1v) is 11.0. The SMILES string of the molecule is CCN(CC)Cc1ccc(-c2nc(-c3cnc(N)nc3)nc(N3CCOCC3)n2)s1. The van der Waals surface area contributed by atoms with Crippen molar-refractivity contribution in [2.75, 3.05) is 50.0 Å². The first-order valence-electron chi connectivity index (χ1n) is 10.1. The van der Waals surface area contributed by atoms with Crippen molar-refractivity contribution in [3.8, 4) is 22.1 Å². The number of hydrogen-bond donors (Lipinski definition) is 1. The number of nitrogens with two attached hydrogens (primary N) is 1. The standard InChI is InChI=1S/C20H26N8OS/c1-3-27(4-2)13-15-5-6-16(30-15)18-24-17(14-11-22-19(21)23-12-14)25-20(26-18)28-7-9-29-10-8-28/h5-6,11-12H,3-4,7-10,13H2,1-2H3,(H2,21,22,23). The Morgan fingerprint density at radius 2 is 1.73 bits per heavy atom. The lowest BCUT2D eigenvalue weighted by Crippen LogP contribution is -2.37. The summed E-state index contributed by atoms with van der Waals surface area (Å²) in [6.45, 7) is 10.2. The van der Waals surface area contributed by atoms with Crippen LogP contribution in [0.2, 0.25) is 0 Å². The zero-order valence-electron chi connectivity index (χ0n) is 17.3. The van der Waals surface area contributed by atoms with Gasteiger partial charge in [0.1, 0.15) is 0 Å². The number of nitrogen functional groups attached to an aromatic ring is 1. The lowest BCUT2D eigenvalue weighted by molar-refractivity contribution is 0.122. The van der Waals surface area contributed by atoms with Crippen LogP contribution in [-0.2, 0) is 11.3 Å². The van der Waals surface area contributed by atoms with Crippen LogP contribution in [0.25, 0.3) is 22.1 Å². The number of rotatable bonds is 7. The molecule has 0 radical (unpaired) electrons. The van der Waals surface area contributed by atoms with E-state index in [4.69, 9.17) is 20.4 Å². The molecule has 9 nitrogen and oxygen atoms in total. The highest BCUT2D eigenvalue weighted by Gasteiger charge is 2.19. The van der Waals surface area contributed by atoms with Crippen LogP contribution >= 0.6 is 11.3 Å². The molecule has 4 rings (SSSR count). The molecule has 0 atom stereocenters. The molecule has 0 amide bonds. The van der Waals surface area contributed by atoms with Gasteiger partial charge in [-0.15, -0.1) is 11.3 Å². The van der Waals surface area contributed by atoms with Gasteiger partial charge in [-0.25, -0.2) is 15.0 Å². The largest absolute Gasteiger partial charge is 0.378 e. The minimum Gasteiger partial charge on any atom is -0.378 e. The number of nitrogens with zero attached hydrogens (tertiary/aromatic N) is 7. The van der Waals surface area contributed by atoms with Crippen molar-refractivity contribution in [1.29, 1.82) is 0 Å². The molecule has 0 aromatic carbocycles. The molecule has 1 aliphatic heterocycles. The van der Waals surface area contributed by atoms with E-state index in [0.717, 1.165) is 37.6 Å². The molecule has 30 heavy (non-hydrogen) atoms. The Labute approximate surface area is 180 Å². The zero-order chi connectivity index (χ0) is 20.9. The second-order valence-electron chi connectivity index (χ2n) is 6.94. The van der Waals surface area contributed by atoms with Crippen molar-refractivity contribution >= 4 is 23.2 Å². The van der Waals surface area contributed by atoms with E-state index >= 15 is 0 Å². The Bertz CT molecular complexity index is 967. The van der Waals surface area contributed by atoms with Crippen LogP contribution in [0.4, 0.5) is 11.9 Å². The van der Waals surface area contributed by atoms with E-state index in [9.17, 15) is 0 Å². The zero-order valence-corrected chi connectivity index (χ0v) is 18.1. The second-order valence-corrected chi connectivity index (χ2v) is 8.11. The van der Waals surface area contributed by atoms with Crippen molar-refractivity contribution in [3.05, 3.63) is 29.4 Å². The minimum atomic E-state index is 0.223. The molecule has 158 valence electrons. The quantitative estimate of drug-likeness (QED) is 0.609. The van der Waals surface area contributed by atoms with E-state index in [0.29, 0.717) is 36.4 Å². The van der Waals surface area contributed by atoms with Crippen LogP contribution < -0.4 is 10.6 Å². The Balaban J connectivity index is 1.70. The molecule has 3 aromatic rings.